The van der Waals surface area contributed by atoms with Crippen molar-refractivity contribution in [2.24, 2.45) is 0 Å². The molecule has 1 fully saturated rings. The molecule has 8 rings (SSSR count). The van der Waals surface area contributed by atoms with Crippen molar-refractivity contribution in [3.05, 3.63) is 100 Å². The normalized spacial score (nSPS) is 20.6. The van der Waals surface area contributed by atoms with Crippen molar-refractivity contribution in [2.45, 2.75) is 90.8 Å². The zero-order valence-corrected chi connectivity index (χ0v) is 27.9. The summed E-state index contributed by atoms with van der Waals surface area (Å²) in [6.45, 7) is 16.8. The van der Waals surface area contributed by atoms with E-state index < -0.39 is 18.3 Å². The average molecular weight is 610 g/mol. The maximum absolute atomic E-state index is 14.5. The molecule has 232 valence electrons. The zero-order valence-electron chi connectivity index (χ0n) is 27.9. The van der Waals surface area contributed by atoms with E-state index in [0.29, 0.717) is 17.6 Å². The molecule has 2 amide bonds. The third-order valence-electron chi connectivity index (χ3n) is 11.1. The Morgan fingerprint density at radius 2 is 1.39 bits per heavy atom. The number of amides is 2. The molecule has 4 aromatic rings. The van der Waals surface area contributed by atoms with Crippen LogP contribution in [0.25, 0.3) is 27.5 Å². The third kappa shape index (κ3) is 3.83. The van der Waals surface area contributed by atoms with E-state index in [-0.39, 0.29) is 29.6 Å². The summed E-state index contributed by atoms with van der Waals surface area (Å²) in [5.74, 6) is -0.110. The molecule has 0 aromatic heterocycles. The van der Waals surface area contributed by atoms with Crippen molar-refractivity contribution in [1.82, 2.24) is 0 Å². The van der Waals surface area contributed by atoms with Gasteiger partial charge in [-0.15, -0.1) is 0 Å². The lowest BCUT2D eigenvalue weighted by atomic mass is 9.66. The molecule has 1 unspecified atom stereocenters. The number of allylic oxidation sites excluding steroid dienone is 1. The monoisotopic (exact) mass is 609 g/mol. The van der Waals surface area contributed by atoms with Crippen LogP contribution in [0.5, 0.6) is 0 Å². The smallest absolute Gasteiger partial charge is 0.399 e. The number of anilines is 1. The van der Waals surface area contributed by atoms with Gasteiger partial charge in [-0.3, -0.25) is 9.59 Å². The molecule has 2 aliphatic heterocycles. The number of carbonyl (C=O) groups excluding carboxylic acids is 2. The summed E-state index contributed by atoms with van der Waals surface area (Å²) in [6.07, 6.45) is 2.77. The average Bonchev–Trinajstić information content (AvgIpc) is 3.24. The van der Waals surface area contributed by atoms with E-state index >= 15 is 0 Å². The van der Waals surface area contributed by atoms with Crippen LogP contribution in [-0.2, 0) is 14.1 Å². The molecule has 1 saturated heterocycles. The minimum absolute atomic E-state index is 0.0415. The van der Waals surface area contributed by atoms with Gasteiger partial charge in [0.2, 0.25) is 0 Å². The second-order valence-electron chi connectivity index (χ2n) is 15.0. The van der Waals surface area contributed by atoms with Gasteiger partial charge in [0.05, 0.1) is 16.9 Å². The van der Waals surface area contributed by atoms with Crippen molar-refractivity contribution in [3.8, 4) is 11.1 Å². The van der Waals surface area contributed by atoms with E-state index in [4.69, 9.17) is 9.31 Å². The Hall–Kier alpha value is -4.00. The van der Waals surface area contributed by atoms with Crippen LogP contribution >= 0.6 is 0 Å². The standard InChI is InChI=1S/C40H40BNO4/c1-21(2)23-11-9-12-24(22(3)4)36(23)42-37(43)30-17-15-27-25-13-10-14-29-32(41-45-39(5,6)40(7,8)46-41)20-19-26(33(25)29)28-16-18-31(38(42)44)35(30)34(27)28/h9-15,17-22,28H,16H2,1-8H3. The van der Waals surface area contributed by atoms with Crippen molar-refractivity contribution in [3.63, 3.8) is 0 Å². The van der Waals surface area contributed by atoms with Gasteiger partial charge in [0, 0.05) is 22.6 Å². The van der Waals surface area contributed by atoms with Gasteiger partial charge in [0.1, 0.15) is 0 Å². The quantitative estimate of drug-likeness (QED) is 0.172. The highest BCUT2D eigenvalue weighted by Crippen LogP contribution is 2.54. The fraction of sp³-hybridized carbons (Fsp3) is 0.350. The van der Waals surface area contributed by atoms with Crippen LogP contribution < -0.4 is 10.4 Å². The topological polar surface area (TPSA) is 55.8 Å². The van der Waals surface area contributed by atoms with E-state index in [1.165, 1.54) is 15.8 Å². The fourth-order valence-electron chi connectivity index (χ4n) is 8.07. The number of nitrogens with zero attached hydrogens (tertiary/aromatic N) is 1. The first-order chi connectivity index (χ1) is 21.8. The molecule has 1 atom stereocenters. The first kappa shape index (κ1) is 29.4. The molecule has 6 heteroatoms. The Morgan fingerprint density at radius 1 is 0.761 bits per heavy atom. The third-order valence-corrected chi connectivity index (χ3v) is 11.1. The van der Waals surface area contributed by atoms with E-state index in [1.807, 2.05) is 12.1 Å². The largest absolute Gasteiger partial charge is 0.495 e. The summed E-state index contributed by atoms with van der Waals surface area (Å²) < 4.78 is 13.0. The number of benzene rings is 4. The molecule has 46 heavy (non-hydrogen) atoms. The van der Waals surface area contributed by atoms with Crippen molar-refractivity contribution in [1.29, 1.82) is 0 Å². The molecule has 0 bridgehead atoms. The van der Waals surface area contributed by atoms with Crippen LogP contribution in [0.2, 0.25) is 0 Å². The molecule has 4 aromatic carbocycles. The number of fused-ring (bicyclic) bond motifs is 2. The highest BCUT2D eigenvalue weighted by Gasteiger charge is 2.52. The minimum Gasteiger partial charge on any atom is -0.399 e. The summed E-state index contributed by atoms with van der Waals surface area (Å²) in [7, 11) is -0.470. The van der Waals surface area contributed by atoms with Crippen LogP contribution in [-0.4, -0.2) is 30.1 Å². The first-order valence-corrected chi connectivity index (χ1v) is 16.6. The highest BCUT2D eigenvalue weighted by molar-refractivity contribution is 6.65. The van der Waals surface area contributed by atoms with Crippen LogP contribution in [0.3, 0.4) is 0 Å². The SMILES string of the molecule is CC(C)c1cccc(C(C)C)c1N1C(=O)C2=CCC3c4c(ccc(c42)C1=O)-c1cccc2c(B4OC(C)(C)C(C)(C)O4)ccc3c12. The number of carbonyl (C=O) groups is 2. The van der Waals surface area contributed by atoms with Gasteiger partial charge < -0.3 is 9.31 Å². The summed E-state index contributed by atoms with van der Waals surface area (Å²) in [4.78, 5) is 30.5. The van der Waals surface area contributed by atoms with Gasteiger partial charge in [0.25, 0.3) is 11.8 Å². The van der Waals surface area contributed by atoms with Crippen LogP contribution in [0.4, 0.5) is 5.69 Å². The Kier molecular flexibility index (Phi) is 6.24. The summed E-state index contributed by atoms with van der Waals surface area (Å²) >= 11 is 0. The molecule has 4 aliphatic rings. The van der Waals surface area contributed by atoms with Crippen LogP contribution in [0.1, 0.15) is 118 Å². The van der Waals surface area contributed by atoms with E-state index in [0.717, 1.165) is 49.9 Å². The predicted molar refractivity (Wildman–Crippen MR) is 186 cm³/mol. The maximum atomic E-state index is 14.5. The Morgan fingerprint density at radius 3 is 2.04 bits per heavy atom. The molecular formula is C40H40BNO4. The van der Waals surface area contributed by atoms with Crippen LogP contribution in [0.15, 0.2) is 66.7 Å². The molecule has 2 heterocycles. The molecular weight excluding hydrogens is 569 g/mol. The number of imide groups is 1. The van der Waals surface area contributed by atoms with E-state index in [9.17, 15) is 9.59 Å². The molecule has 0 spiro atoms. The van der Waals surface area contributed by atoms with Gasteiger partial charge in [-0.1, -0.05) is 88.4 Å². The first-order valence-electron chi connectivity index (χ1n) is 16.6. The fourth-order valence-corrected chi connectivity index (χ4v) is 8.07. The lowest BCUT2D eigenvalue weighted by molar-refractivity contribution is -0.112. The number of para-hydroxylation sites is 1. The molecule has 0 N–H and O–H groups in total. The van der Waals surface area contributed by atoms with Crippen molar-refractivity contribution in [2.75, 3.05) is 4.90 Å². The molecule has 0 radical (unpaired) electrons. The Labute approximate surface area is 271 Å². The zero-order chi connectivity index (χ0) is 32.4. The molecule has 5 nitrogen and oxygen atoms in total. The summed E-state index contributed by atoms with van der Waals surface area (Å²) in [5, 5.41) is 2.32. The molecule has 2 aliphatic carbocycles. The second kappa shape index (κ2) is 9.76. The lowest BCUT2D eigenvalue weighted by Gasteiger charge is -2.39. The van der Waals surface area contributed by atoms with E-state index in [2.05, 4.69) is 110 Å². The summed E-state index contributed by atoms with van der Waals surface area (Å²) in [5.41, 5.74) is 9.52. The number of hydrogen-bond acceptors (Lipinski definition) is 4. The second-order valence-corrected chi connectivity index (χ2v) is 15.0. The van der Waals surface area contributed by atoms with Gasteiger partial charge in [-0.2, -0.15) is 0 Å². The van der Waals surface area contributed by atoms with Gasteiger partial charge in [0.15, 0.2) is 0 Å². The maximum Gasteiger partial charge on any atom is 0.495 e. The Bertz CT molecular complexity index is 2010. The highest BCUT2D eigenvalue weighted by atomic mass is 16.7. The summed E-state index contributed by atoms with van der Waals surface area (Å²) in [6, 6.07) is 21.0. The lowest BCUT2D eigenvalue weighted by Crippen LogP contribution is -2.44. The minimum atomic E-state index is -0.470. The molecule has 0 saturated carbocycles. The van der Waals surface area contributed by atoms with Crippen LogP contribution in [0, 0.1) is 0 Å². The van der Waals surface area contributed by atoms with E-state index in [1.54, 1.807) is 0 Å². The predicted octanol–water partition coefficient (Wildman–Crippen LogP) is 8.47. The van der Waals surface area contributed by atoms with Crippen molar-refractivity contribution >= 4 is 46.4 Å². The van der Waals surface area contributed by atoms with Gasteiger partial charge in [-0.25, -0.2) is 4.90 Å². The Balaban J connectivity index is 1.31. The number of rotatable bonds is 4. The van der Waals surface area contributed by atoms with Gasteiger partial charge in [-0.05, 0) is 102 Å². The number of hydrogen-bond donors (Lipinski definition) is 0. The van der Waals surface area contributed by atoms with Gasteiger partial charge >= 0.3 is 7.12 Å². The van der Waals surface area contributed by atoms with Crippen molar-refractivity contribution < 1.29 is 18.9 Å².